The molecule has 0 radical (unpaired) electrons. The summed E-state index contributed by atoms with van der Waals surface area (Å²) in [7, 11) is 0. The Labute approximate surface area is 340 Å². The summed E-state index contributed by atoms with van der Waals surface area (Å²) in [5.41, 5.74) is 9.40. The number of hydrogen-bond donors (Lipinski definition) is 0. The number of rotatable bonds is 9. The van der Waals surface area contributed by atoms with E-state index < -0.39 is 17.4 Å². The van der Waals surface area contributed by atoms with E-state index in [2.05, 4.69) is 114 Å². The Bertz CT molecular complexity index is 2460. The molecule has 0 bridgehead atoms. The Morgan fingerprint density at radius 1 is 0.345 bits per heavy atom. The molecule has 0 N–H and O–H groups in total. The van der Waals surface area contributed by atoms with E-state index in [1.807, 2.05) is 96.1 Å². The van der Waals surface area contributed by atoms with Crippen LogP contribution in [-0.4, -0.2) is 17.4 Å². The van der Waals surface area contributed by atoms with Gasteiger partial charge in [0.15, 0.2) is 34.5 Å². The van der Waals surface area contributed by atoms with Crippen molar-refractivity contribution < 1.29 is 28.4 Å². The molecule has 0 unspecified atom stereocenters. The van der Waals surface area contributed by atoms with Crippen LogP contribution in [0.15, 0.2) is 127 Å². The molecule has 0 aliphatic carbocycles. The van der Waals surface area contributed by atoms with Gasteiger partial charge in [0.05, 0.1) is 0 Å². The van der Waals surface area contributed by atoms with Crippen LogP contribution in [-0.2, 0) is 0 Å². The van der Waals surface area contributed by atoms with Crippen molar-refractivity contribution in [2.75, 3.05) is 4.90 Å². The summed E-state index contributed by atoms with van der Waals surface area (Å²) in [6.45, 7) is 11.5. The lowest BCUT2D eigenvalue weighted by Crippen LogP contribution is -2.29. The van der Waals surface area contributed by atoms with Crippen LogP contribution in [0, 0.1) is 0 Å². The molecule has 0 atom stereocenters. The molecular weight excluding hydrogens is 723 g/mol. The van der Waals surface area contributed by atoms with Crippen LogP contribution in [0.3, 0.4) is 0 Å². The number of hydrogen-bond acceptors (Lipinski definition) is 7. The smallest absolute Gasteiger partial charge is 0.246 e. The van der Waals surface area contributed by atoms with Gasteiger partial charge in [-0.15, -0.1) is 0 Å². The number of para-hydroxylation sites is 1. The molecule has 58 heavy (non-hydrogen) atoms. The molecule has 0 saturated heterocycles. The molecule has 3 heterocycles. The fourth-order valence-electron chi connectivity index (χ4n) is 7.29. The van der Waals surface area contributed by atoms with E-state index >= 15 is 0 Å². The second-order valence-corrected chi connectivity index (χ2v) is 16.0. The predicted octanol–water partition coefficient (Wildman–Crippen LogP) is 13.2. The van der Waals surface area contributed by atoms with E-state index in [0.29, 0.717) is 0 Å². The fraction of sp³-hybridized carbons (Fsp3) is 0.176. The van der Waals surface area contributed by atoms with E-state index in [1.54, 1.807) is 0 Å². The molecule has 6 aromatic carbocycles. The van der Waals surface area contributed by atoms with Crippen molar-refractivity contribution in [3.63, 3.8) is 0 Å². The molecule has 9 rings (SSSR count). The summed E-state index contributed by atoms with van der Waals surface area (Å²) in [5, 5.41) is 0. The minimum absolute atomic E-state index is 0.655. The third kappa shape index (κ3) is 7.89. The minimum atomic E-state index is -0.685. The van der Waals surface area contributed by atoms with Crippen molar-refractivity contribution in [3.8, 4) is 34.5 Å². The van der Waals surface area contributed by atoms with Crippen LogP contribution in [0.5, 0.6) is 34.5 Å². The van der Waals surface area contributed by atoms with E-state index in [4.69, 9.17) is 28.4 Å². The summed E-state index contributed by atoms with van der Waals surface area (Å²) in [5.74, 6) is 2.58. The molecule has 6 aromatic rings. The lowest BCUT2D eigenvalue weighted by Gasteiger charge is -2.26. The van der Waals surface area contributed by atoms with Crippen molar-refractivity contribution in [2.45, 2.75) is 58.9 Å². The van der Waals surface area contributed by atoms with Crippen LogP contribution >= 0.6 is 0 Å². The van der Waals surface area contributed by atoms with Crippen LogP contribution in [0.1, 0.15) is 74.9 Å². The molecule has 290 valence electrons. The zero-order chi connectivity index (χ0) is 40.1. The van der Waals surface area contributed by atoms with Crippen LogP contribution < -0.4 is 33.3 Å². The first kappa shape index (κ1) is 36.8. The quantitative estimate of drug-likeness (QED) is 0.136. The van der Waals surface area contributed by atoms with Gasteiger partial charge in [-0.1, -0.05) is 97.1 Å². The van der Waals surface area contributed by atoms with Crippen LogP contribution in [0.2, 0.25) is 0 Å². The van der Waals surface area contributed by atoms with Crippen LogP contribution in [0.4, 0.5) is 17.1 Å². The molecule has 3 aliphatic rings. The lowest BCUT2D eigenvalue weighted by atomic mass is 10.1. The van der Waals surface area contributed by atoms with Crippen molar-refractivity contribution in [3.05, 3.63) is 161 Å². The highest BCUT2D eigenvalue weighted by Crippen LogP contribution is 2.44. The molecule has 0 amide bonds. The summed E-state index contributed by atoms with van der Waals surface area (Å²) in [4.78, 5) is 2.27. The maximum absolute atomic E-state index is 6.09. The average Bonchev–Trinajstić information content (AvgIpc) is 3.82. The number of fused-ring (bicyclic) bond motifs is 3. The van der Waals surface area contributed by atoms with Crippen LogP contribution in [0.25, 0.3) is 36.5 Å². The zero-order valence-electron chi connectivity index (χ0n) is 33.5. The Balaban J connectivity index is 0.971. The van der Waals surface area contributed by atoms with Gasteiger partial charge < -0.3 is 33.3 Å². The molecular formula is C51H45NO6. The number of ether oxygens (including phenoxy) is 6. The van der Waals surface area contributed by atoms with Gasteiger partial charge in [-0.2, -0.15) is 0 Å². The van der Waals surface area contributed by atoms with E-state index in [0.717, 1.165) is 84.9 Å². The third-order valence-corrected chi connectivity index (χ3v) is 9.92. The molecule has 7 heteroatoms. The Morgan fingerprint density at radius 2 is 0.707 bits per heavy atom. The molecule has 0 fully saturated rings. The maximum atomic E-state index is 6.09. The van der Waals surface area contributed by atoms with Crippen molar-refractivity contribution in [2.24, 2.45) is 0 Å². The SMILES string of the molecule is CC1(C)Oc2ccc(C=Cc3ccc(N(c4ccc(C=Cc5ccc6c(c5)OC(C)(C)O6)cc4)c4ccc(C=Cc5cccc6c5OC(C)(C)O6)cc4)cc3)cc2O1. The van der Waals surface area contributed by atoms with E-state index in [9.17, 15) is 0 Å². The first-order chi connectivity index (χ1) is 27.8. The first-order valence-corrected chi connectivity index (χ1v) is 19.5. The summed E-state index contributed by atoms with van der Waals surface area (Å²) < 4.78 is 35.7. The second kappa shape index (κ2) is 14.3. The first-order valence-electron chi connectivity index (χ1n) is 19.5. The van der Waals surface area contributed by atoms with Gasteiger partial charge in [-0.05, 0) is 94.5 Å². The molecule has 0 aromatic heterocycles. The van der Waals surface area contributed by atoms with Gasteiger partial charge in [-0.3, -0.25) is 0 Å². The van der Waals surface area contributed by atoms with Gasteiger partial charge in [0, 0.05) is 64.2 Å². The Morgan fingerprint density at radius 3 is 1.17 bits per heavy atom. The second-order valence-electron chi connectivity index (χ2n) is 16.0. The molecule has 0 saturated carbocycles. The normalized spacial score (nSPS) is 16.4. The fourth-order valence-corrected chi connectivity index (χ4v) is 7.29. The van der Waals surface area contributed by atoms with Gasteiger partial charge in [0.2, 0.25) is 17.4 Å². The minimum Gasteiger partial charge on any atom is -0.449 e. The standard InChI is InChI=1S/C51H45NO6/c1-49(2)53-43-30-21-37(32-46(43)56-49)12-10-34-15-24-40(25-16-34)52(41-26-17-35(18-27-41)11-13-38-22-31-44-47(33-38)57-50(3,4)54-44)42-28-19-36(20-29-42)14-23-39-8-7-9-45-48(39)58-51(5,6)55-45/h7-33H,1-6H3. The Hall–Kier alpha value is -6.86. The Kier molecular flexibility index (Phi) is 9.04. The van der Waals surface area contributed by atoms with Crippen molar-refractivity contribution in [1.82, 2.24) is 0 Å². The van der Waals surface area contributed by atoms with Gasteiger partial charge in [0.1, 0.15) is 0 Å². The van der Waals surface area contributed by atoms with E-state index in [-0.39, 0.29) is 0 Å². The van der Waals surface area contributed by atoms with E-state index in [1.165, 1.54) is 0 Å². The highest BCUT2D eigenvalue weighted by molar-refractivity contribution is 5.81. The molecule has 3 aliphatic heterocycles. The van der Waals surface area contributed by atoms with Crippen molar-refractivity contribution >= 4 is 53.5 Å². The number of anilines is 3. The topological polar surface area (TPSA) is 58.6 Å². The maximum Gasteiger partial charge on any atom is 0.246 e. The molecule has 0 spiro atoms. The van der Waals surface area contributed by atoms with Crippen molar-refractivity contribution in [1.29, 1.82) is 0 Å². The van der Waals surface area contributed by atoms with Gasteiger partial charge in [-0.25, -0.2) is 0 Å². The molecule has 7 nitrogen and oxygen atoms in total. The number of nitrogens with zero attached hydrogens (tertiary/aromatic N) is 1. The monoisotopic (exact) mass is 767 g/mol. The van der Waals surface area contributed by atoms with Gasteiger partial charge >= 0.3 is 0 Å². The summed E-state index contributed by atoms with van der Waals surface area (Å²) in [6, 6.07) is 43.8. The van der Waals surface area contributed by atoms with Gasteiger partial charge in [0.25, 0.3) is 0 Å². The summed E-state index contributed by atoms with van der Waals surface area (Å²) in [6.07, 6.45) is 12.6. The highest BCUT2D eigenvalue weighted by Gasteiger charge is 2.34. The average molecular weight is 768 g/mol. The number of benzene rings is 6. The largest absolute Gasteiger partial charge is 0.449 e. The zero-order valence-corrected chi connectivity index (χ0v) is 33.5. The lowest BCUT2D eigenvalue weighted by molar-refractivity contribution is -0.0438. The highest BCUT2D eigenvalue weighted by atomic mass is 16.7. The predicted molar refractivity (Wildman–Crippen MR) is 233 cm³/mol. The summed E-state index contributed by atoms with van der Waals surface area (Å²) >= 11 is 0. The third-order valence-electron chi connectivity index (χ3n) is 9.92.